The Kier molecular flexibility index (Phi) is 5.44. The number of halogens is 2. The van der Waals surface area contributed by atoms with Crippen molar-refractivity contribution in [3.05, 3.63) is 26.6 Å². The molecule has 0 spiro atoms. The lowest BCUT2D eigenvalue weighted by Crippen LogP contribution is -2.28. The first-order valence-electron chi connectivity index (χ1n) is 5.31. The number of nitrogens with one attached hydrogen (secondary N) is 1. The minimum absolute atomic E-state index is 0.246. The van der Waals surface area contributed by atoms with Gasteiger partial charge in [-0.25, -0.2) is 0 Å². The summed E-state index contributed by atoms with van der Waals surface area (Å²) in [5.41, 5.74) is 0.310. The summed E-state index contributed by atoms with van der Waals surface area (Å²) in [6.45, 7) is 4.47. The fraction of sp³-hybridized carbons (Fsp3) is 0.500. The van der Waals surface area contributed by atoms with Crippen molar-refractivity contribution >= 4 is 31.9 Å². The standard InChI is InChI=1S/C12H17Br2NO2/c1-12(2,16)7-17-11-9(13)4-8(6-15-3)5-10(11)14/h4-5,15-16H,6-7H2,1-3H3. The second kappa shape index (κ2) is 6.18. The molecule has 1 aromatic carbocycles. The molecule has 0 aliphatic carbocycles. The van der Waals surface area contributed by atoms with Gasteiger partial charge in [0.1, 0.15) is 12.4 Å². The highest BCUT2D eigenvalue weighted by molar-refractivity contribution is 9.11. The molecule has 0 bridgehead atoms. The van der Waals surface area contributed by atoms with E-state index in [2.05, 4.69) is 37.2 Å². The first-order chi connectivity index (χ1) is 7.83. The predicted molar refractivity (Wildman–Crippen MR) is 76.4 cm³/mol. The third-order valence-electron chi connectivity index (χ3n) is 2.01. The van der Waals surface area contributed by atoms with Crippen LogP contribution in [-0.2, 0) is 6.54 Å². The molecule has 3 nitrogen and oxygen atoms in total. The highest BCUT2D eigenvalue weighted by Gasteiger charge is 2.16. The van der Waals surface area contributed by atoms with Gasteiger partial charge in [-0.15, -0.1) is 0 Å². The van der Waals surface area contributed by atoms with E-state index in [1.165, 1.54) is 0 Å². The Labute approximate surface area is 119 Å². The van der Waals surface area contributed by atoms with Crippen molar-refractivity contribution in [2.24, 2.45) is 0 Å². The fourth-order valence-electron chi connectivity index (χ4n) is 1.31. The third-order valence-corrected chi connectivity index (χ3v) is 3.19. The van der Waals surface area contributed by atoms with Gasteiger partial charge in [-0.1, -0.05) is 0 Å². The van der Waals surface area contributed by atoms with E-state index in [4.69, 9.17) is 4.74 Å². The molecule has 0 saturated heterocycles. The van der Waals surface area contributed by atoms with E-state index in [9.17, 15) is 5.11 Å². The van der Waals surface area contributed by atoms with Crippen LogP contribution in [0, 0.1) is 0 Å². The van der Waals surface area contributed by atoms with Gasteiger partial charge in [0, 0.05) is 6.54 Å². The highest BCUT2D eigenvalue weighted by atomic mass is 79.9. The highest BCUT2D eigenvalue weighted by Crippen LogP contribution is 2.35. The van der Waals surface area contributed by atoms with E-state index in [0.717, 1.165) is 21.1 Å². The van der Waals surface area contributed by atoms with E-state index in [-0.39, 0.29) is 6.61 Å². The van der Waals surface area contributed by atoms with Gasteiger partial charge in [0.25, 0.3) is 0 Å². The lowest BCUT2D eigenvalue weighted by Gasteiger charge is -2.19. The van der Waals surface area contributed by atoms with E-state index in [1.807, 2.05) is 19.2 Å². The number of ether oxygens (including phenoxy) is 1. The van der Waals surface area contributed by atoms with E-state index >= 15 is 0 Å². The predicted octanol–water partition coefficient (Wildman–Crippen LogP) is 3.08. The van der Waals surface area contributed by atoms with Crippen LogP contribution in [-0.4, -0.2) is 24.4 Å². The Morgan fingerprint density at radius 1 is 1.29 bits per heavy atom. The first-order valence-corrected chi connectivity index (χ1v) is 6.90. The maximum absolute atomic E-state index is 9.63. The molecule has 1 aromatic rings. The third kappa shape index (κ3) is 4.95. The second-order valence-electron chi connectivity index (χ2n) is 4.52. The summed E-state index contributed by atoms with van der Waals surface area (Å²) in [5.74, 6) is 0.715. The normalized spacial score (nSPS) is 11.6. The van der Waals surface area contributed by atoms with E-state index in [1.54, 1.807) is 13.8 Å². The largest absolute Gasteiger partial charge is 0.488 e. The van der Waals surface area contributed by atoms with Crippen LogP contribution in [0.25, 0.3) is 0 Å². The average molecular weight is 367 g/mol. The summed E-state index contributed by atoms with van der Waals surface area (Å²) >= 11 is 6.94. The van der Waals surface area contributed by atoms with Gasteiger partial charge in [-0.2, -0.15) is 0 Å². The van der Waals surface area contributed by atoms with Gasteiger partial charge >= 0.3 is 0 Å². The van der Waals surface area contributed by atoms with Crippen LogP contribution in [0.3, 0.4) is 0 Å². The zero-order chi connectivity index (χ0) is 13.1. The fourth-order valence-corrected chi connectivity index (χ4v) is 2.82. The zero-order valence-electron chi connectivity index (χ0n) is 10.2. The molecule has 0 heterocycles. The Balaban J connectivity index is 2.86. The van der Waals surface area contributed by atoms with Crippen LogP contribution in [0.4, 0.5) is 0 Å². The van der Waals surface area contributed by atoms with Gasteiger partial charge in [-0.3, -0.25) is 0 Å². The summed E-state index contributed by atoms with van der Waals surface area (Å²) < 4.78 is 7.35. The van der Waals surface area contributed by atoms with Crippen LogP contribution >= 0.6 is 31.9 Å². The van der Waals surface area contributed by atoms with Crippen molar-refractivity contribution in [1.82, 2.24) is 5.32 Å². The minimum atomic E-state index is -0.845. The summed E-state index contributed by atoms with van der Waals surface area (Å²) in [6.07, 6.45) is 0. The molecule has 0 atom stereocenters. The molecule has 0 unspecified atom stereocenters. The molecule has 0 aliphatic rings. The van der Waals surface area contributed by atoms with Crippen LogP contribution < -0.4 is 10.1 Å². The molecule has 5 heteroatoms. The molecule has 0 saturated carbocycles. The van der Waals surface area contributed by atoms with Crippen molar-refractivity contribution in [3.63, 3.8) is 0 Å². The Bertz CT molecular complexity index is 366. The maximum Gasteiger partial charge on any atom is 0.147 e. The quantitative estimate of drug-likeness (QED) is 0.841. The van der Waals surface area contributed by atoms with Gasteiger partial charge in [0.05, 0.1) is 14.5 Å². The molecule has 96 valence electrons. The van der Waals surface area contributed by atoms with Gasteiger partial charge in [-0.05, 0) is 70.5 Å². The number of hydrogen-bond acceptors (Lipinski definition) is 3. The molecule has 0 aromatic heterocycles. The Morgan fingerprint density at radius 3 is 2.24 bits per heavy atom. The smallest absolute Gasteiger partial charge is 0.147 e. The van der Waals surface area contributed by atoms with Crippen LogP contribution in [0.1, 0.15) is 19.4 Å². The maximum atomic E-state index is 9.63. The molecule has 1 rings (SSSR count). The van der Waals surface area contributed by atoms with Gasteiger partial charge < -0.3 is 15.2 Å². The van der Waals surface area contributed by atoms with Gasteiger partial charge in [0.2, 0.25) is 0 Å². The lowest BCUT2D eigenvalue weighted by molar-refractivity contribution is 0.0279. The van der Waals surface area contributed by atoms with Crippen molar-refractivity contribution < 1.29 is 9.84 Å². The second-order valence-corrected chi connectivity index (χ2v) is 6.23. The van der Waals surface area contributed by atoms with Crippen molar-refractivity contribution in [1.29, 1.82) is 0 Å². The monoisotopic (exact) mass is 365 g/mol. The molecule has 0 fully saturated rings. The number of rotatable bonds is 5. The van der Waals surface area contributed by atoms with E-state index in [0.29, 0.717) is 5.75 Å². The number of aliphatic hydroxyl groups is 1. The lowest BCUT2D eigenvalue weighted by atomic mass is 10.1. The van der Waals surface area contributed by atoms with Crippen LogP contribution in [0.2, 0.25) is 0 Å². The molecule has 0 amide bonds. The number of benzene rings is 1. The molecule has 17 heavy (non-hydrogen) atoms. The molecular formula is C12H17Br2NO2. The van der Waals surface area contributed by atoms with Crippen molar-refractivity contribution in [2.75, 3.05) is 13.7 Å². The Hall–Kier alpha value is -0.100. The summed E-state index contributed by atoms with van der Waals surface area (Å²) in [6, 6.07) is 4.00. The summed E-state index contributed by atoms with van der Waals surface area (Å²) in [4.78, 5) is 0. The van der Waals surface area contributed by atoms with Crippen molar-refractivity contribution in [2.45, 2.75) is 26.0 Å². The van der Waals surface area contributed by atoms with Crippen LogP contribution in [0.5, 0.6) is 5.75 Å². The van der Waals surface area contributed by atoms with Gasteiger partial charge in [0.15, 0.2) is 0 Å². The molecular weight excluding hydrogens is 350 g/mol. The number of hydrogen-bond donors (Lipinski definition) is 2. The molecule has 0 aliphatic heterocycles. The first kappa shape index (κ1) is 15.0. The summed E-state index contributed by atoms with van der Waals surface area (Å²) in [5, 5.41) is 12.7. The van der Waals surface area contributed by atoms with Crippen LogP contribution in [0.15, 0.2) is 21.1 Å². The Morgan fingerprint density at radius 2 is 1.82 bits per heavy atom. The van der Waals surface area contributed by atoms with Crippen molar-refractivity contribution in [3.8, 4) is 5.75 Å². The molecule has 2 N–H and O–H groups in total. The SMILES string of the molecule is CNCc1cc(Br)c(OCC(C)(C)O)c(Br)c1. The molecule has 0 radical (unpaired) electrons. The average Bonchev–Trinajstić information content (AvgIpc) is 2.14. The minimum Gasteiger partial charge on any atom is -0.488 e. The summed E-state index contributed by atoms with van der Waals surface area (Å²) in [7, 11) is 1.90. The zero-order valence-corrected chi connectivity index (χ0v) is 13.4. The topological polar surface area (TPSA) is 41.5 Å². The van der Waals surface area contributed by atoms with E-state index < -0.39 is 5.60 Å².